The van der Waals surface area contributed by atoms with Gasteiger partial charge in [-0.2, -0.15) is 9.50 Å². The third-order valence-corrected chi connectivity index (χ3v) is 3.93. The first-order valence-electron chi connectivity index (χ1n) is 7.33. The van der Waals surface area contributed by atoms with Crippen molar-refractivity contribution in [1.29, 1.82) is 0 Å². The van der Waals surface area contributed by atoms with Crippen LogP contribution in [0, 0.1) is 0 Å². The van der Waals surface area contributed by atoms with Crippen molar-refractivity contribution < 1.29 is 0 Å². The fourth-order valence-corrected chi connectivity index (χ4v) is 2.85. The molecular weight excluding hydrogens is 278 g/mol. The fourth-order valence-electron chi connectivity index (χ4n) is 2.85. The van der Waals surface area contributed by atoms with Gasteiger partial charge in [-0.05, 0) is 24.3 Å². The van der Waals surface area contributed by atoms with Crippen LogP contribution in [0.15, 0.2) is 42.6 Å². The van der Waals surface area contributed by atoms with Gasteiger partial charge in [0.05, 0.1) is 0 Å². The number of nitrogens with two attached hydrogens (primary N) is 1. The number of fused-ring (bicyclic) bond motifs is 1. The molecule has 112 valence electrons. The number of nitrogen functional groups attached to an aromatic ring is 1. The molecule has 0 atom stereocenters. The van der Waals surface area contributed by atoms with Crippen LogP contribution >= 0.6 is 0 Å². The Morgan fingerprint density at radius 2 is 1.73 bits per heavy atom. The normalized spacial score (nSPS) is 15.5. The van der Waals surface area contributed by atoms with Crippen LogP contribution in [0.3, 0.4) is 0 Å². The molecule has 0 aromatic carbocycles. The molecule has 4 rings (SSSR count). The van der Waals surface area contributed by atoms with Gasteiger partial charge in [0.15, 0.2) is 5.65 Å². The first-order valence-corrected chi connectivity index (χ1v) is 7.33. The van der Waals surface area contributed by atoms with Crippen molar-refractivity contribution in [2.24, 2.45) is 0 Å². The minimum atomic E-state index is 0.305. The number of anilines is 3. The number of piperazine rings is 1. The van der Waals surface area contributed by atoms with Crippen LogP contribution in [0.1, 0.15) is 0 Å². The third-order valence-electron chi connectivity index (χ3n) is 3.93. The van der Waals surface area contributed by atoms with Crippen LogP contribution in [0.25, 0.3) is 5.65 Å². The second kappa shape index (κ2) is 5.18. The average Bonchev–Trinajstić information content (AvgIpc) is 2.96. The van der Waals surface area contributed by atoms with Crippen molar-refractivity contribution in [3.05, 3.63) is 42.6 Å². The highest BCUT2D eigenvalue weighted by molar-refractivity contribution is 5.53. The molecule has 0 unspecified atom stereocenters. The molecule has 0 spiro atoms. The van der Waals surface area contributed by atoms with Crippen LogP contribution in [0.4, 0.5) is 17.6 Å². The van der Waals surface area contributed by atoms with Gasteiger partial charge in [-0.25, -0.2) is 4.98 Å². The Morgan fingerprint density at radius 1 is 0.909 bits per heavy atom. The monoisotopic (exact) mass is 295 g/mol. The Balaban J connectivity index is 1.56. The van der Waals surface area contributed by atoms with E-state index in [0.717, 1.165) is 43.5 Å². The van der Waals surface area contributed by atoms with Crippen molar-refractivity contribution in [2.75, 3.05) is 41.7 Å². The number of nitrogens with zero attached hydrogens (tertiary/aromatic N) is 6. The van der Waals surface area contributed by atoms with Gasteiger partial charge in [0, 0.05) is 32.4 Å². The highest BCUT2D eigenvalue weighted by atomic mass is 15.4. The molecule has 1 aliphatic heterocycles. The summed E-state index contributed by atoms with van der Waals surface area (Å²) in [6.07, 6.45) is 1.83. The molecule has 3 aromatic heterocycles. The first-order chi connectivity index (χ1) is 10.8. The smallest absolute Gasteiger partial charge is 0.240 e. The van der Waals surface area contributed by atoms with E-state index >= 15 is 0 Å². The van der Waals surface area contributed by atoms with Gasteiger partial charge in [-0.15, -0.1) is 5.10 Å². The standard InChI is InChI=1S/C15H17N7/c16-15-18-13-5-3-6-14(22(13)19-15)21-10-8-20(9-11-21)12-4-1-2-7-17-12/h1-7H,8-11H2,(H2,16,19). The van der Waals surface area contributed by atoms with E-state index in [2.05, 4.69) is 37.0 Å². The molecule has 22 heavy (non-hydrogen) atoms. The van der Waals surface area contributed by atoms with Crippen molar-refractivity contribution in [3.63, 3.8) is 0 Å². The van der Waals surface area contributed by atoms with Crippen LogP contribution < -0.4 is 15.5 Å². The first kappa shape index (κ1) is 12.9. The second-order valence-corrected chi connectivity index (χ2v) is 5.29. The summed E-state index contributed by atoms with van der Waals surface area (Å²) in [6, 6.07) is 12.0. The molecule has 0 radical (unpaired) electrons. The maximum absolute atomic E-state index is 5.71. The van der Waals surface area contributed by atoms with Crippen LogP contribution in [0.5, 0.6) is 0 Å². The predicted molar refractivity (Wildman–Crippen MR) is 86.1 cm³/mol. The summed E-state index contributed by atoms with van der Waals surface area (Å²) in [5, 5.41) is 4.28. The lowest BCUT2D eigenvalue weighted by atomic mass is 10.3. The summed E-state index contributed by atoms with van der Waals surface area (Å²) in [4.78, 5) is 13.2. The fraction of sp³-hybridized carbons (Fsp3) is 0.267. The quantitative estimate of drug-likeness (QED) is 0.761. The van der Waals surface area contributed by atoms with E-state index in [-0.39, 0.29) is 0 Å². The molecule has 3 aromatic rings. The van der Waals surface area contributed by atoms with E-state index in [1.165, 1.54) is 0 Å². The molecule has 0 saturated carbocycles. The molecule has 2 N–H and O–H groups in total. The number of pyridine rings is 2. The van der Waals surface area contributed by atoms with Gasteiger partial charge in [0.2, 0.25) is 5.95 Å². The van der Waals surface area contributed by atoms with Crippen molar-refractivity contribution in [2.45, 2.75) is 0 Å². The molecule has 4 heterocycles. The van der Waals surface area contributed by atoms with Gasteiger partial charge in [-0.3, -0.25) is 0 Å². The Hall–Kier alpha value is -2.83. The summed E-state index contributed by atoms with van der Waals surface area (Å²) in [5.41, 5.74) is 6.49. The lowest BCUT2D eigenvalue weighted by molar-refractivity contribution is 0.635. The van der Waals surface area contributed by atoms with Gasteiger partial charge < -0.3 is 15.5 Å². The molecule has 0 bridgehead atoms. The maximum Gasteiger partial charge on any atom is 0.240 e. The van der Waals surface area contributed by atoms with Gasteiger partial charge in [0.1, 0.15) is 11.6 Å². The predicted octanol–water partition coefficient (Wildman–Crippen LogP) is 1.03. The minimum Gasteiger partial charge on any atom is -0.366 e. The summed E-state index contributed by atoms with van der Waals surface area (Å²) in [7, 11) is 0. The average molecular weight is 295 g/mol. The molecular formula is C15H17N7. The topological polar surface area (TPSA) is 75.6 Å². The molecule has 1 saturated heterocycles. The van der Waals surface area contributed by atoms with E-state index in [4.69, 9.17) is 5.73 Å². The van der Waals surface area contributed by atoms with E-state index in [9.17, 15) is 0 Å². The highest BCUT2D eigenvalue weighted by Crippen LogP contribution is 2.20. The molecule has 0 amide bonds. The van der Waals surface area contributed by atoms with Crippen molar-refractivity contribution in [1.82, 2.24) is 19.6 Å². The Kier molecular flexibility index (Phi) is 3.03. The zero-order valence-electron chi connectivity index (χ0n) is 12.1. The number of hydrogen-bond acceptors (Lipinski definition) is 6. The maximum atomic E-state index is 5.71. The lowest BCUT2D eigenvalue weighted by Crippen LogP contribution is -2.47. The van der Waals surface area contributed by atoms with Crippen molar-refractivity contribution in [3.8, 4) is 0 Å². The Bertz CT molecular complexity index is 775. The molecule has 7 heteroatoms. The van der Waals surface area contributed by atoms with E-state index in [1.54, 1.807) is 0 Å². The third kappa shape index (κ3) is 2.20. The molecule has 1 aliphatic rings. The molecule has 1 fully saturated rings. The molecule has 7 nitrogen and oxygen atoms in total. The van der Waals surface area contributed by atoms with Crippen LogP contribution in [0.2, 0.25) is 0 Å². The number of hydrogen-bond donors (Lipinski definition) is 1. The van der Waals surface area contributed by atoms with E-state index in [0.29, 0.717) is 5.95 Å². The summed E-state index contributed by atoms with van der Waals surface area (Å²) in [6.45, 7) is 3.68. The van der Waals surface area contributed by atoms with Crippen LogP contribution in [-0.2, 0) is 0 Å². The Morgan fingerprint density at radius 3 is 2.50 bits per heavy atom. The van der Waals surface area contributed by atoms with Crippen LogP contribution in [-0.4, -0.2) is 45.8 Å². The van der Waals surface area contributed by atoms with Gasteiger partial charge >= 0.3 is 0 Å². The van der Waals surface area contributed by atoms with Gasteiger partial charge in [-0.1, -0.05) is 12.1 Å². The summed E-state index contributed by atoms with van der Waals surface area (Å²) >= 11 is 0. The zero-order valence-corrected chi connectivity index (χ0v) is 12.1. The highest BCUT2D eigenvalue weighted by Gasteiger charge is 2.20. The van der Waals surface area contributed by atoms with Gasteiger partial charge in [0.25, 0.3) is 0 Å². The second-order valence-electron chi connectivity index (χ2n) is 5.29. The SMILES string of the molecule is Nc1nc2cccc(N3CCN(c4ccccn4)CC3)n2n1. The van der Waals surface area contributed by atoms with Crippen molar-refractivity contribution >= 4 is 23.2 Å². The number of aromatic nitrogens is 4. The summed E-state index contributed by atoms with van der Waals surface area (Å²) < 4.78 is 1.81. The van der Waals surface area contributed by atoms with E-state index < -0.39 is 0 Å². The zero-order chi connectivity index (χ0) is 14.9. The van der Waals surface area contributed by atoms with E-state index in [1.807, 2.05) is 35.0 Å². The Labute approximate surface area is 128 Å². The minimum absolute atomic E-state index is 0.305. The molecule has 0 aliphatic carbocycles. The largest absolute Gasteiger partial charge is 0.366 e. The lowest BCUT2D eigenvalue weighted by Gasteiger charge is -2.36. The summed E-state index contributed by atoms with van der Waals surface area (Å²) in [5.74, 6) is 2.37. The number of rotatable bonds is 2.